The lowest BCUT2D eigenvalue weighted by atomic mass is 9.86. The number of nitrogens with two attached hydrogens (primary N) is 1. The quantitative estimate of drug-likeness (QED) is 0.211. The number of amidine groups is 1. The van der Waals surface area contributed by atoms with Crippen molar-refractivity contribution in [3.8, 4) is 0 Å². The van der Waals surface area contributed by atoms with Gasteiger partial charge in [-0.15, -0.1) is 0 Å². The molecule has 100 valence electrons. The third-order valence-electron chi connectivity index (χ3n) is 3.96. The van der Waals surface area contributed by atoms with Crippen LogP contribution in [0, 0.1) is 11.3 Å². The molecule has 0 radical (unpaired) electrons. The van der Waals surface area contributed by atoms with Crippen LogP contribution in [0.5, 0.6) is 0 Å². The summed E-state index contributed by atoms with van der Waals surface area (Å²) < 4.78 is 0. The van der Waals surface area contributed by atoms with Gasteiger partial charge >= 0.3 is 0 Å². The molecule has 0 aromatic rings. The van der Waals surface area contributed by atoms with Crippen LogP contribution in [0.4, 0.5) is 0 Å². The molecular weight excluding hydrogens is 214 g/mol. The van der Waals surface area contributed by atoms with Gasteiger partial charge in [0.25, 0.3) is 0 Å². The Morgan fingerprint density at radius 2 is 1.94 bits per heavy atom. The maximum Gasteiger partial charge on any atom is 0.144 e. The minimum atomic E-state index is -0.222. The summed E-state index contributed by atoms with van der Waals surface area (Å²) in [5.74, 6) is 1.17. The Hall–Kier alpha value is -0.770. The highest BCUT2D eigenvalue weighted by molar-refractivity contribution is 5.85. The van der Waals surface area contributed by atoms with Gasteiger partial charge in [0.1, 0.15) is 5.84 Å². The Bertz CT molecular complexity index is 280. The molecular formula is C13H27N3O. The topological polar surface area (TPSA) is 70.6 Å². The molecule has 0 heterocycles. The van der Waals surface area contributed by atoms with Crippen molar-refractivity contribution in [1.29, 1.82) is 0 Å². The first-order chi connectivity index (χ1) is 7.79. The van der Waals surface area contributed by atoms with Gasteiger partial charge in [0, 0.05) is 11.0 Å². The van der Waals surface area contributed by atoms with Gasteiger partial charge in [-0.25, -0.2) is 0 Å². The zero-order valence-corrected chi connectivity index (χ0v) is 11.6. The highest BCUT2D eigenvalue weighted by Gasteiger charge is 2.37. The Labute approximate surface area is 105 Å². The van der Waals surface area contributed by atoms with E-state index in [4.69, 9.17) is 10.9 Å². The third-order valence-corrected chi connectivity index (χ3v) is 3.96. The van der Waals surface area contributed by atoms with Crippen LogP contribution in [0.1, 0.15) is 53.4 Å². The van der Waals surface area contributed by atoms with Gasteiger partial charge in [-0.05, 0) is 52.0 Å². The second kappa shape index (κ2) is 5.25. The monoisotopic (exact) mass is 241 g/mol. The fraction of sp³-hybridized carbons (Fsp3) is 0.923. The van der Waals surface area contributed by atoms with E-state index in [-0.39, 0.29) is 11.0 Å². The number of rotatable bonds is 7. The van der Waals surface area contributed by atoms with E-state index < -0.39 is 0 Å². The first kappa shape index (κ1) is 14.3. The molecule has 1 fully saturated rings. The van der Waals surface area contributed by atoms with E-state index in [9.17, 15) is 0 Å². The van der Waals surface area contributed by atoms with E-state index in [0.29, 0.717) is 5.84 Å². The molecule has 0 aliphatic heterocycles. The molecule has 0 bridgehead atoms. The summed E-state index contributed by atoms with van der Waals surface area (Å²) in [4.78, 5) is 0. The molecule has 0 atom stereocenters. The van der Waals surface area contributed by atoms with Crippen molar-refractivity contribution < 1.29 is 5.21 Å². The molecule has 17 heavy (non-hydrogen) atoms. The summed E-state index contributed by atoms with van der Waals surface area (Å²) in [7, 11) is 0. The van der Waals surface area contributed by atoms with Crippen LogP contribution in [0.3, 0.4) is 0 Å². The van der Waals surface area contributed by atoms with Gasteiger partial charge in [-0.1, -0.05) is 19.0 Å². The summed E-state index contributed by atoms with van der Waals surface area (Å²) in [6, 6.07) is 0. The fourth-order valence-electron chi connectivity index (χ4n) is 2.15. The number of hydrogen-bond donors (Lipinski definition) is 3. The summed E-state index contributed by atoms with van der Waals surface area (Å²) in [6.07, 6.45) is 4.68. The molecule has 0 unspecified atom stereocenters. The molecule has 0 saturated heterocycles. The Balaban J connectivity index is 2.24. The second-order valence-corrected chi connectivity index (χ2v) is 6.40. The highest BCUT2D eigenvalue weighted by Crippen LogP contribution is 2.39. The normalized spacial score (nSPS) is 18.5. The van der Waals surface area contributed by atoms with E-state index in [1.807, 2.05) is 13.8 Å². The summed E-state index contributed by atoms with van der Waals surface area (Å²) in [5, 5.41) is 15.4. The molecule has 1 saturated carbocycles. The SMILES string of the molecule is CC(C)(CCCNC(C)(C)C1CC1)C(N)=NO. The van der Waals surface area contributed by atoms with Crippen molar-refractivity contribution in [3.05, 3.63) is 0 Å². The smallest absolute Gasteiger partial charge is 0.144 e. The minimum absolute atomic E-state index is 0.222. The molecule has 1 aliphatic carbocycles. The molecule has 0 aromatic carbocycles. The van der Waals surface area contributed by atoms with Crippen molar-refractivity contribution >= 4 is 5.84 Å². The predicted molar refractivity (Wildman–Crippen MR) is 71.2 cm³/mol. The average Bonchev–Trinajstić information content (AvgIpc) is 3.07. The van der Waals surface area contributed by atoms with E-state index in [1.165, 1.54) is 12.8 Å². The number of nitrogens with one attached hydrogen (secondary N) is 1. The van der Waals surface area contributed by atoms with Gasteiger partial charge in [-0.3, -0.25) is 0 Å². The van der Waals surface area contributed by atoms with Gasteiger partial charge in [0.05, 0.1) is 0 Å². The van der Waals surface area contributed by atoms with Crippen molar-refractivity contribution in [2.24, 2.45) is 22.2 Å². The Morgan fingerprint density at radius 3 is 2.41 bits per heavy atom. The van der Waals surface area contributed by atoms with Crippen LogP contribution in [-0.4, -0.2) is 23.1 Å². The van der Waals surface area contributed by atoms with Crippen LogP contribution in [-0.2, 0) is 0 Å². The maximum atomic E-state index is 8.68. The molecule has 0 aromatic heterocycles. The van der Waals surface area contributed by atoms with Gasteiger partial charge in [0.15, 0.2) is 0 Å². The van der Waals surface area contributed by atoms with Crippen LogP contribution in [0.15, 0.2) is 5.16 Å². The van der Waals surface area contributed by atoms with E-state index in [2.05, 4.69) is 24.3 Å². The largest absolute Gasteiger partial charge is 0.409 e. The zero-order valence-electron chi connectivity index (χ0n) is 11.6. The molecule has 1 aliphatic rings. The molecule has 0 amide bonds. The standard InChI is InChI=1S/C13H27N3O/c1-12(2,11(14)16-17)8-5-9-15-13(3,4)10-6-7-10/h10,15,17H,5-9H2,1-4H3,(H2,14,16). The van der Waals surface area contributed by atoms with Crippen molar-refractivity contribution in [1.82, 2.24) is 5.32 Å². The lowest BCUT2D eigenvalue weighted by molar-refractivity contribution is 0.300. The summed E-state index contributed by atoms with van der Waals surface area (Å²) in [5.41, 5.74) is 5.70. The first-order valence-corrected chi connectivity index (χ1v) is 6.52. The minimum Gasteiger partial charge on any atom is -0.409 e. The van der Waals surface area contributed by atoms with E-state index in [1.54, 1.807) is 0 Å². The Morgan fingerprint density at radius 1 is 1.35 bits per heavy atom. The van der Waals surface area contributed by atoms with Crippen molar-refractivity contribution in [2.45, 2.75) is 58.9 Å². The van der Waals surface area contributed by atoms with Crippen LogP contribution in [0.2, 0.25) is 0 Å². The first-order valence-electron chi connectivity index (χ1n) is 6.52. The van der Waals surface area contributed by atoms with Crippen molar-refractivity contribution in [2.75, 3.05) is 6.54 Å². The molecule has 4 heteroatoms. The predicted octanol–water partition coefficient (Wildman–Crippen LogP) is 2.32. The number of oxime groups is 1. The molecule has 4 N–H and O–H groups in total. The van der Waals surface area contributed by atoms with Gasteiger partial charge in [-0.2, -0.15) is 0 Å². The lowest BCUT2D eigenvalue weighted by Crippen LogP contribution is -2.42. The van der Waals surface area contributed by atoms with Crippen LogP contribution >= 0.6 is 0 Å². The second-order valence-electron chi connectivity index (χ2n) is 6.40. The summed E-state index contributed by atoms with van der Waals surface area (Å²) >= 11 is 0. The maximum absolute atomic E-state index is 8.68. The van der Waals surface area contributed by atoms with E-state index >= 15 is 0 Å². The number of hydrogen-bond acceptors (Lipinski definition) is 3. The molecule has 1 rings (SSSR count). The zero-order chi connectivity index (χ0) is 13.1. The van der Waals surface area contributed by atoms with Gasteiger partial charge in [0.2, 0.25) is 0 Å². The Kier molecular flexibility index (Phi) is 4.42. The van der Waals surface area contributed by atoms with Crippen molar-refractivity contribution in [3.63, 3.8) is 0 Å². The number of nitrogens with zero attached hydrogens (tertiary/aromatic N) is 1. The van der Waals surface area contributed by atoms with E-state index in [0.717, 1.165) is 25.3 Å². The lowest BCUT2D eigenvalue weighted by Gasteiger charge is -2.28. The average molecular weight is 241 g/mol. The highest BCUT2D eigenvalue weighted by atomic mass is 16.4. The molecule has 0 spiro atoms. The summed E-state index contributed by atoms with van der Waals surface area (Å²) in [6.45, 7) is 9.56. The third kappa shape index (κ3) is 4.19. The van der Waals surface area contributed by atoms with Crippen LogP contribution in [0.25, 0.3) is 0 Å². The van der Waals surface area contributed by atoms with Gasteiger partial charge < -0.3 is 16.3 Å². The fourth-order valence-corrected chi connectivity index (χ4v) is 2.15. The van der Waals surface area contributed by atoms with Crippen LogP contribution < -0.4 is 11.1 Å². The molecule has 4 nitrogen and oxygen atoms in total.